The minimum Gasteiger partial charge on any atom is -0.493 e. The lowest BCUT2D eigenvalue weighted by atomic mass is 10.1. The summed E-state index contributed by atoms with van der Waals surface area (Å²) >= 11 is 11.8. The van der Waals surface area contributed by atoms with Crippen molar-refractivity contribution in [3.05, 3.63) is 88.7 Å². The molecule has 2 heterocycles. The summed E-state index contributed by atoms with van der Waals surface area (Å²) in [4.78, 5) is 5.11. The van der Waals surface area contributed by atoms with Crippen LogP contribution in [0.1, 0.15) is 45.6 Å². The number of benzene rings is 1. The van der Waals surface area contributed by atoms with Gasteiger partial charge in [-0.25, -0.2) is 0 Å². The average molecular weight is 682 g/mol. The fourth-order valence-electron chi connectivity index (χ4n) is 5.87. The molecule has 1 aromatic carbocycles. The van der Waals surface area contributed by atoms with Gasteiger partial charge in [0.05, 0.1) is 11.5 Å². The lowest BCUT2D eigenvalue weighted by Gasteiger charge is -2.34. The molecule has 0 spiro atoms. The fraction of sp³-hybridized carbons (Fsp3) is 0.487. The zero-order chi connectivity index (χ0) is 33.9. The number of hydrogen-bond acceptors (Lipinski definition) is 5. The van der Waals surface area contributed by atoms with Crippen molar-refractivity contribution in [2.45, 2.75) is 59.1 Å². The second-order valence-electron chi connectivity index (χ2n) is 12.1. The number of aromatic nitrogens is 1. The SMILES string of the molecule is C#CC.C=C(Cc1cn(CCCN2CCN(CCOc3ccccc3)CC2)c2c1=CCCC=2OC(C)C)NCC(/C=C\CCl)=C/CCl. The molecule has 8 heteroatoms. The van der Waals surface area contributed by atoms with Gasteiger partial charge < -0.3 is 24.3 Å². The fourth-order valence-corrected chi connectivity index (χ4v) is 6.16. The molecular weight excluding hydrogens is 627 g/mol. The second-order valence-corrected chi connectivity index (χ2v) is 12.7. The third kappa shape index (κ3) is 13.5. The van der Waals surface area contributed by atoms with E-state index < -0.39 is 0 Å². The maximum Gasteiger partial charge on any atom is 0.121 e. The second kappa shape index (κ2) is 21.7. The molecule has 0 amide bonds. The number of alkyl halides is 2. The molecule has 4 rings (SSSR count). The van der Waals surface area contributed by atoms with Crippen LogP contribution in [-0.4, -0.2) is 84.7 Å². The minimum absolute atomic E-state index is 0.155. The number of ether oxygens (including phenoxy) is 2. The van der Waals surface area contributed by atoms with Gasteiger partial charge in [-0.3, -0.25) is 4.90 Å². The van der Waals surface area contributed by atoms with Crippen molar-refractivity contribution in [3.8, 4) is 18.1 Å². The summed E-state index contributed by atoms with van der Waals surface area (Å²) in [7, 11) is 0. The van der Waals surface area contributed by atoms with Crippen LogP contribution in [0.2, 0.25) is 0 Å². The van der Waals surface area contributed by atoms with E-state index in [1.54, 1.807) is 6.92 Å². The van der Waals surface area contributed by atoms with Crippen molar-refractivity contribution in [1.29, 1.82) is 0 Å². The van der Waals surface area contributed by atoms with Crippen LogP contribution in [0.4, 0.5) is 0 Å². The number of para-hydroxylation sites is 1. The summed E-state index contributed by atoms with van der Waals surface area (Å²) in [6.45, 7) is 19.1. The third-order valence-corrected chi connectivity index (χ3v) is 8.36. The Morgan fingerprint density at radius 1 is 1.06 bits per heavy atom. The number of piperazine rings is 1. The Bertz CT molecular complexity index is 1450. The highest BCUT2D eigenvalue weighted by molar-refractivity contribution is 6.19. The Balaban J connectivity index is 0.00000192. The Morgan fingerprint density at radius 2 is 1.77 bits per heavy atom. The highest BCUT2D eigenvalue weighted by Crippen LogP contribution is 2.15. The first kappa shape index (κ1) is 38.4. The maximum atomic E-state index is 6.36. The quantitative estimate of drug-likeness (QED) is 0.120. The molecule has 1 aliphatic carbocycles. The molecule has 6 nitrogen and oxygen atoms in total. The summed E-state index contributed by atoms with van der Waals surface area (Å²) in [5, 5.41) is 6.06. The van der Waals surface area contributed by atoms with E-state index in [0.717, 1.165) is 101 Å². The van der Waals surface area contributed by atoms with Gasteiger partial charge >= 0.3 is 0 Å². The molecule has 1 N–H and O–H groups in total. The first-order valence-corrected chi connectivity index (χ1v) is 17.9. The molecule has 1 saturated heterocycles. The highest BCUT2D eigenvalue weighted by Gasteiger charge is 2.18. The van der Waals surface area contributed by atoms with Crippen molar-refractivity contribution >= 4 is 35.0 Å². The van der Waals surface area contributed by atoms with Gasteiger partial charge in [-0.15, -0.1) is 35.5 Å². The van der Waals surface area contributed by atoms with Gasteiger partial charge in [0.2, 0.25) is 0 Å². The predicted octanol–water partition coefficient (Wildman–Crippen LogP) is 5.93. The lowest BCUT2D eigenvalue weighted by molar-refractivity contribution is 0.115. The van der Waals surface area contributed by atoms with Crippen LogP contribution in [0.25, 0.3) is 11.8 Å². The Labute approximate surface area is 293 Å². The zero-order valence-electron chi connectivity index (χ0n) is 28.7. The Kier molecular flexibility index (Phi) is 17.7. The normalized spacial score (nSPS) is 15.4. The Morgan fingerprint density at radius 3 is 2.43 bits per heavy atom. The van der Waals surface area contributed by atoms with E-state index in [4.69, 9.17) is 32.7 Å². The summed E-state index contributed by atoms with van der Waals surface area (Å²) in [5.74, 6) is 5.26. The van der Waals surface area contributed by atoms with Crippen LogP contribution in [0.3, 0.4) is 0 Å². The minimum atomic E-state index is 0.155. The molecule has 0 bridgehead atoms. The number of nitrogens with one attached hydrogen (secondary N) is 1. The number of aryl methyl sites for hydroxylation is 1. The van der Waals surface area contributed by atoms with Gasteiger partial charge in [0.1, 0.15) is 18.1 Å². The number of allylic oxidation sites excluding steroid dienone is 3. The van der Waals surface area contributed by atoms with E-state index in [9.17, 15) is 0 Å². The van der Waals surface area contributed by atoms with Gasteiger partial charge in [-0.1, -0.05) is 49.1 Å². The van der Waals surface area contributed by atoms with Crippen molar-refractivity contribution in [2.24, 2.45) is 0 Å². The molecule has 47 heavy (non-hydrogen) atoms. The largest absolute Gasteiger partial charge is 0.493 e. The molecule has 0 unspecified atom stereocenters. The third-order valence-electron chi connectivity index (χ3n) is 8.03. The van der Waals surface area contributed by atoms with E-state index in [1.807, 2.05) is 48.6 Å². The number of fused-ring (bicyclic) bond motifs is 1. The predicted molar refractivity (Wildman–Crippen MR) is 200 cm³/mol. The van der Waals surface area contributed by atoms with E-state index in [0.29, 0.717) is 18.3 Å². The molecule has 256 valence electrons. The van der Waals surface area contributed by atoms with E-state index in [1.165, 1.54) is 16.1 Å². The number of nitrogens with zero attached hydrogens (tertiary/aromatic N) is 3. The standard InChI is InChI=1S/C36H50Cl2N4O2.C3H4/c1-29(2)44-35-14-7-13-34-32(26-30(3)39-27-31(15-17-38)10-8-16-37)28-42(36(34)35)19-9-18-40-20-22-41(23-21-40)24-25-43-33-11-5-4-6-12-33;1-3-2/h4-6,8,10-13,15,28-29,39H,3,7,9,14,16-27H2,1-2H3;1H,2H3/b10-8-,31-15+;. The van der Waals surface area contributed by atoms with Gasteiger partial charge in [0.15, 0.2) is 0 Å². The van der Waals surface area contributed by atoms with Gasteiger partial charge in [-0.2, -0.15) is 0 Å². The van der Waals surface area contributed by atoms with Crippen molar-refractivity contribution in [3.63, 3.8) is 0 Å². The number of halogens is 2. The summed E-state index contributed by atoms with van der Waals surface area (Å²) in [6.07, 6.45) is 19.2. The summed E-state index contributed by atoms with van der Waals surface area (Å²) in [6, 6.07) is 10.1. The first-order valence-electron chi connectivity index (χ1n) is 16.9. The van der Waals surface area contributed by atoms with Crippen molar-refractivity contribution < 1.29 is 9.47 Å². The zero-order valence-corrected chi connectivity index (χ0v) is 30.2. The summed E-state index contributed by atoms with van der Waals surface area (Å²) in [5.41, 5.74) is 3.39. The van der Waals surface area contributed by atoms with E-state index >= 15 is 0 Å². The van der Waals surface area contributed by atoms with Crippen LogP contribution in [0.15, 0.2) is 72.6 Å². The molecule has 1 fully saturated rings. The number of rotatable bonds is 18. The van der Waals surface area contributed by atoms with Crippen LogP contribution in [-0.2, 0) is 17.7 Å². The first-order chi connectivity index (χ1) is 22.9. The monoisotopic (exact) mass is 680 g/mol. The van der Waals surface area contributed by atoms with E-state index in [-0.39, 0.29) is 6.10 Å². The number of terminal acetylenes is 1. The average Bonchev–Trinajstić information content (AvgIpc) is 3.41. The van der Waals surface area contributed by atoms with Gasteiger partial charge in [0, 0.05) is 87.5 Å². The maximum absolute atomic E-state index is 6.36. The molecule has 0 radical (unpaired) electrons. The number of hydrogen-bond donors (Lipinski definition) is 1. The molecule has 2 aromatic rings. The van der Waals surface area contributed by atoms with Crippen LogP contribution in [0, 0.1) is 12.3 Å². The lowest BCUT2D eigenvalue weighted by Crippen LogP contribution is -2.47. The topological polar surface area (TPSA) is 41.9 Å². The van der Waals surface area contributed by atoms with Crippen LogP contribution >= 0.6 is 23.2 Å². The van der Waals surface area contributed by atoms with Crippen LogP contribution < -0.4 is 20.6 Å². The molecule has 1 aliphatic heterocycles. The molecule has 0 atom stereocenters. The highest BCUT2D eigenvalue weighted by atomic mass is 35.5. The smallest absolute Gasteiger partial charge is 0.121 e. The van der Waals surface area contributed by atoms with E-state index in [2.05, 4.69) is 64.7 Å². The molecule has 0 saturated carbocycles. The van der Waals surface area contributed by atoms with Crippen molar-refractivity contribution in [2.75, 3.05) is 64.2 Å². The summed E-state index contributed by atoms with van der Waals surface area (Å²) < 4.78 is 14.7. The molecule has 2 aliphatic rings. The van der Waals surface area contributed by atoms with Crippen molar-refractivity contribution in [1.82, 2.24) is 19.7 Å². The molecule has 1 aromatic heterocycles. The molecular formula is C39H54Cl2N4O2. The van der Waals surface area contributed by atoms with Gasteiger partial charge in [-0.05, 0) is 63.4 Å². The van der Waals surface area contributed by atoms with Gasteiger partial charge in [0.25, 0.3) is 0 Å². The van der Waals surface area contributed by atoms with Crippen LogP contribution in [0.5, 0.6) is 5.75 Å². The Hall–Kier alpha value is -3.08.